The van der Waals surface area contributed by atoms with Gasteiger partial charge in [-0.25, -0.2) is 13.1 Å². The summed E-state index contributed by atoms with van der Waals surface area (Å²) in [6.07, 6.45) is 1.50. The smallest absolute Gasteiger partial charge is 0.244 e. The van der Waals surface area contributed by atoms with Crippen molar-refractivity contribution in [3.8, 4) is 5.75 Å². The van der Waals surface area contributed by atoms with E-state index >= 15 is 0 Å². The lowest BCUT2D eigenvalue weighted by Gasteiger charge is -2.21. The molecule has 0 amide bonds. The first-order valence-corrected chi connectivity index (χ1v) is 7.50. The molecule has 1 aromatic rings. The Labute approximate surface area is 115 Å². The average molecular weight is 283 g/mol. The molecule has 1 aromatic carbocycles. The van der Waals surface area contributed by atoms with Crippen molar-refractivity contribution in [1.82, 2.24) is 4.72 Å². The van der Waals surface area contributed by atoms with Crippen molar-refractivity contribution >= 4 is 10.0 Å². The lowest BCUT2D eigenvalue weighted by molar-refractivity contribution is 0.401. The number of hydrogen-bond acceptors (Lipinski definition) is 3. The van der Waals surface area contributed by atoms with Crippen LogP contribution in [0.15, 0.2) is 35.7 Å². The predicted octanol–water partition coefficient (Wildman–Crippen LogP) is 2.46. The van der Waals surface area contributed by atoms with E-state index in [0.717, 1.165) is 5.56 Å². The van der Waals surface area contributed by atoms with E-state index in [1.54, 1.807) is 12.1 Å². The second-order valence-electron chi connectivity index (χ2n) is 5.26. The van der Waals surface area contributed by atoms with E-state index in [2.05, 4.69) is 11.3 Å². The molecule has 0 aliphatic heterocycles. The molecule has 106 valence electrons. The molecular formula is C14H21NO3S. The Morgan fingerprint density at radius 3 is 2.47 bits per heavy atom. The first-order valence-electron chi connectivity index (χ1n) is 6.01. The normalized spacial score (nSPS) is 12.2. The molecule has 0 saturated carbocycles. The third-order valence-corrected chi connectivity index (χ3v) is 4.18. The van der Waals surface area contributed by atoms with E-state index in [1.165, 1.54) is 13.2 Å². The number of ether oxygens (including phenoxy) is 1. The van der Waals surface area contributed by atoms with Gasteiger partial charge in [0.2, 0.25) is 10.0 Å². The van der Waals surface area contributed by atoms with Crippen molar-refractivity contribution < 1.29 is 13.2 Å². The summed E-state index contributed by atoms with van der Waals surface area (Å²) in [4.78, 5) is 0.157. The molecule has 1 N–H and O–H groups in total. The largest absolute Gasteiger partial charge is 0.495 e. The maximum absolute atomic E-state index is 12.2. The minimum absolute atomic E-state index is 0.130. The van der Waals surface area contributed by atoms with Crippen molar-refractivity contribution in [1.29, 1.82) is 0 Å². The highest BCUT2D eigenvalue weighted by atomic mass is 32.2. The van der Waals surface area contributed by atoms with Gasteiger partial charge in [0, 0.05) is 6.54 Å². The van der Waals surface area contributed by atoms with Crippen molar-refractivity contribution in [3.05, 3.63) is 36.4 Å². The summed E-state index contributed by atoms with van der Waals surface area (Å²) in [7, 11) is -2.14. The van der Waals surface area contributed by atoms with Gasteiger partial charge in [0.05, 0.1) is 7.11 Å². The lowest BCUT2D eigenvalue weighted by Crippen LogP contribution is -2.25. The molecule has 0 aromatic heterocycles. The van der Waals surface area contributed by atoms with E-state index in [9.17, 15) is 8.42 Å². The molecule has 0 bridgehead atoms. The van der Waals surface area contributed by atoms with E-state index in [0.29, 0.717) is 5.75 Å². The van der Waals surface area contributed by atoms with E-state index in [1.807, 2.05) is 26.8 Å². The lowest BCUT2D eigenvalue weighted by atomic mass is 9.87. The maximum atomic E-state index is 12.2. The van der Waals surface area contributed by atoms with Crippen LogP contribution < -0.4 is 9.46 Å². The fraction of sp³-hybridized carbons (Fsp3) is 0.429. The molecule has 0 aliphatic carbocycles. The molecule has 0 unspecified atom stereocenters. The van der Waals surface area contributed by atoms with Crippen LogP contribution in [0, 0.1) is 0 Å². The van der Waals surface area contributed by atoms with Crippen molar-refractivity contribution in [2.45, 2.75) is 31.1 Å². The van der Waals surface area contributed by atoms with Crippen molar-refractivity contribution in [3.63, 3.8) is 0 Å². The average Bonchev–Trinajstić information content (AvgIpc) is 2.34. The number of sulfonamides is 1. The molecule has 0 fully saturated rings. The number of hydrogen-bond donors (Lipinski definition) is 1. The number of nitrogens with one attached hydrogen (secondary N) is 1. The standard InChI is InChI=1S/C14H21NO3S/c1-6-9-15-19(16,17)13-10-11(14(2,3)4)7-8-12(13)18-5/h6-8,10,15H,1,9H2,2-5H3. The van der Waals surface area contributed by atoms with Gasteiger partial charge in [0.1, 0.15) is 10.6 Å². The highest BCUT2D eigenvalue weighted by Gasteiger charge is 2.22. The molecular weight excluding hydrogens is 262 g/mol. The molecule has 1 rings (SSSR count). The van der Waals surface area contributed by atoms with Crippen LogP contribution in [-0.4, -0.2) is 22.1 Å². The van der Waals surface area contributed by atoms with Gasteiger partial charge in [-0.2, -0.15) is 0 Å². The van der Waals surface area contributed by atoms with Crippen LogP contribution in [-0.2, 0) is 15.4 Å². The van der Waals surface area contributed by atoms with Gasteiger partial charge >= 0.3 is 0 Å². The third kappa shape index (κ3) is 3.81. The third-order valence-electron chi connectivity index (χ3n) is 2.74. The van der Waals surface area contributed by atoms with E-state index in [4.69, 9.17) is 4.74 Å². The Morgan fingerprint density at radius 1 is 1.37 bits per heavy atom. The molecule has 0 aliphatic rings. The Morgan fingerprint density at radius 2 is 2.00 bits per heavy atom. The molecule has 4 nitrogen and oxygen atoms in total. The summed E-state index contributed by atoms with van der Waals surface area (Å²) in [5.41, 5.74) is 0.807. The van der Waals surface area contributed by atoms with Crippen LogP contribution >= 0.6 is 0 Å². The molecule has 0 heterocycles. The highest BCUT2D eigenvalue weighted by Crippen LogP contribution is 2.30. The highest BCUT2D eigenvalue weighted by molar-refractivity contribution is 7.89. The van der Waals surface area contributed by atoms with Gasteiger partial charge < -0.3 is 4.74 Å². The summed E-state index contributed by atoms with van der Waals surface area (Å²) in [5.74, 6) is 0.338. The minimum atomic E-state index is -3.59. The Bertz CT molecular complexity index is 557. The first-order chi connectivity index (χ1) is 8.72. The van der Waals surface area contributed by atoms with Crippen LogP contribution in [0.3, 0.4) is 0 Å². The molecule has 0 atom stereocenters. The van der Waals surface area contributed by atoms with Crippen LogP contribution in [0.5, 0.6) is 5.75 Å². The van der Waals surface area contributed by atoms with Gasteiger partial charge in [0.15, 0.2) is 0 Å². The molecule has 0 saturated heterocycles. The number of benzene rings is 1. The number of methoxy groups -OCH3 is 1. The van der Waals surface area contributed by atoms with Crippen LogP contribution in [0.4, 0.5) is 0 Å². The minimum Gasteiger partial charge on any atom is -0.495 e. The summed E-state index contributed by atoms with van der Waals surface area (Å²) in [6.45, 7) is 9.77. The second kappa shape index (κ2) is 5.75. The molecule has 5 heteroatoms. The van der Waals surface area contributed by atoms with Crippen LogP contribution in [0.25, 0.3) is 0 Å². The number of rotatable bonds is 5. The quantitative estimate of drug-likeness (QED) is 0.845. The molecule has 0 spiro atoms. The monoisotopic (exact) mass is 283 g/mol. The van der Waals surface area contributed by atoms with Gasteiger partial charge in [-0.1, -0.05) is 32.9 Å². The second-order valence-corrected chi connectivity index (χ2v) is 6.99. The zero-order valence-electron chi connectivity index (χ0n) is 11.9. The van der Waals surface area contributed by atoms with Crippen LogP contribution in [0.2, 0.25) is 0 Å². The zero-order valence-corrected chi connectivity index (χ0v) is 12.7. The van der Waals surface area contributed by atoms with Gasteiger partial charge in [-0.15, -0.1) is 6.58 Å². The zero-order chi connectivity index (χ0) is 14.7. The predicted molar refractivity (Wildman–Crippen MR) is 77.1 cm³/mol. The first kappa shape index (κ1) is 15.7. The van der Waals surface area contributed by atoms with E-state index in [-0.39, 0.29) is 16.9 Å². The fourth-order valence-corrected chi connectivity index (χ4v) is 2.79. The SMILES string of the molecule is C=CCNS(=O)(=O)c1cc(C(C)(C)C)ccc1OC. The van der Waals surface area contributed by atoms with Crippen molar-refractivity contribution in [2.24, 2.45) is 0 Å². The van der Waals surface area contributed by atoms with Crippen molar-refractivity contribution in [2.75, 3.05) is 13.7 Å². The summed E-state index contributed by atoms with van der Waals surface area (Å²) in [5, 5.41) is 0. The van der Waals surface area contributed by atoms with Gasteiger partial charge in [-0.05, 0) is 23.1 Å². The van der Waals surface area contributed by atoms with Crippen LogP contribution in [0.1, 0.15) is 26.3 Å². The summed E-state index contributed by atoms with van der Waals surface area (Å²) < 4.78 is 32.0. The maximum Gasteiger partial charge on any atom is 0.244 e. The molecule has 19 heavy (non-hydrogen) atoms. The Kier molecular flexibility index (Phi) is 4.76. The fourth-order valence-electron chi connectivity index (χ4n) is 1.60. The van der Waals surface area contributed by atoms with Gasteiger partial charge in [0.25, 0.3) is 0 Å². The Balaban J connectivity index is 3.35. The summed E-state index contributed by atoms with van der Waals surface area (Å²) in [6, 6.07) is 5.22. The topological polar surface area (TPSA) is 55.4 Å². The molecule has 0 radical (unpaired) electrons. The summed E-state index contributed by atoms with van der Waals surface area (Å²) >= 11 is 0. The van der Waals surface area contributed by atoms with E-state index < -0.39 is 10.0 Å². The Hall–Kier alpha value is -1.33. The van der Waals surface area contributed by atoms with Gasteiger partial charge in [-0.3, -0.25) is 0 Å².